The molecule has 0 aromatic heterocycles. The molecule has 1 fully saturated rings. The summed E-state index contributed by atoms with van der Waals surface area (Å²) in [6.07, 6.45) is 4.26. The van der Waals surface area contributed by atoms with Gasteiger partial charge in [-0.2, -0.15) is 0 Å². The lowest BCUT2D eigenvalue weighted by Crippen LogP contribution is -2.53. The van der Waals surface area contributed by atoms with Gasteiger partial charge in [-0.1, -0.05) is 6.92 Å². The molecule has 106 valence electrons. The topological polar surface area (TPSA) is 52.6 Å². The summed E-state index contributed by atoms with van der Waals surface area (Å²) in [5.41, 5.74) is -0.833. The number of likely N-dealkylation sites (N-methyl/N-ethyl adjacent to an activating group) is 1. The first-order valence-electron chi connectivity index (χ1n) is 7.05. The highest BCUT2D eigenvalue weighted by molar-refractivity contribution is 5.78. The number of nitrogens with zero attached hydrogens (tertiary/aromatic N) is 1. The summed E-state index contributed by atoms with van der Waals surface area (Å²) in [5, 5.41) is 12.3. The fourth-order valence-corrected chi connectivity index (χ4v) is 3.29. The normalized spacial score (nSPS) is 30.1. The van der Waals surface area contributed by atoms with E-state index in [0.717, 1.165) is 6.42 Å². The third-order valence-corrected chi connectivity index (χ3v) is 4.56. The lowest BCUT2D eigenvalue weighted by atomic mass is 9.92. The quantitative estimate of drug-likeness (QED) is 0.764. The second kappa shape index (κ2) is 6.02. The molecule has 1 heterocycles. The second-order valence-electron chi connectivity index (χ2n) is 5.88. The lowest BCUT2D eigenvalue weighted by molar-refractivity contribution is -0.145. The number of likely N-dealkylation sites (tertiary alicyclic amines) is 1. The number of carboxylic acids is 1. The van der Waals surface area contributed by atoms with Gasteiger partial charge >= 0.3 is 5.97 Å². The van der Waals surface area contributed by atoms with Crippen molar-refractivity contribution in [2.75, 3.05) is 7.05 Å². The van der Waals surface area contributed by atoms with Crippen LogP contribution in [0.3, 0.4) is 0 Å². The molecule has 0 spiro atoms. The Kier molecular flexibility index (Phi) is 5.17. The molecule has 1 aliphatic heterocycles. The summed E-state index contributed by atoms with van der Waals surface area (Å²) >= 11 is 0. The third-order valence-electron chi connectivity index (χ3n) is 4.56. The number of rotatable bonds is 6. The number of nitrogens with one attached hydrogen (secondary N) is 1. The van der Waals surface area contributed by atoms with Gasteiger partial charge in [0.15, 0.2) is 0 Å². The van der Waals surface area contributed by atoms with Gasteiger partial charge in [0.2, 0.25) is 0 Å². The molecule has 4 nitrogen and oxygen atoms in total. The van der Waals surface area contributed by atoms with Crippen LogP contribution in [0.25, 0.3) is 0 Å². The third kappa shape index (κ3) is 3.04. The molecule has 1 saturated heterocycles. The zero-order valence-electron chi connectivity index (χ0n) is 12.4. The first-order chi connectivity index (χ1) is 8.35. The molecule has 1 rings (SSSR count). The van der Waals surface area contributed by atoms with Crippen molar-refractivity contribution in [2.45, 2.75) is 77.0 Å². The molecule has 18 heavy (non-hydrogen) atoms. The molecule has 1 aliphatic rings. The van der Waals surface area contributed by atoms with Gasteiger partial charge in [-0.05, 0) is 53.5 Å². The van der Waals surface area contributed by atoms with E-state index in [4.69, 9.17) is 0 Å². The maximum absolute atomic E-state index is 11.4. The minimum atomic E-state index is -0.833. The maximum Gasteiger partial charge on any atom is 0.323 e. The minimum Gasteiger partial charge on any atom is -0.480 e. The molecular weight excluding hydrogens is 228 g/mol. The average Bonchev–Trinajstić information content (AvgIpc) is 2.69. The zero-order valence-corrected chi connectivity index (χ0v) is 12.4. The highest BCUT2D eigenvalue weighted by Crippen LogP contribution is 2.31. The molecule has 4 unspecified atom stereocenters. The van der Waals surface area contributed by atoms with Crippen LogP contribution in [0.2, 0.25) is 0 Å². The molecule has 0 saturated carbocycles. The number of carboxylic acid groups (broad SMARTS) is 1. The Labute approximate surface area is 111 Å². The molecule has 0 aromatic carbocycles. The molecular formula is C14H28N2O2. The molecule has 2 N–H and O–H groups in total. The van der Waals surface area contributed by atoms with Crippen LogP contribution < -0.4 is 5.32 Å². The van der Waals surface area contributed by atoms with Crippen LogP contribution in [0.1, 0.15) is 53.4 Å². The summed E-state index contributed by atoms with van der Waals surface area (Å²) in [7, 11) is 1.73. The van der Waals surface area contributed by atoms with E-state index in [0.29, 0.717) is 24.5 Å². The Hall–Kier alpha value is -0.610. The zero-order chi connectivity index (χ0) is 13.9. The van der Waals surface area contributed by atoms with Gasteiger partial charge in [-0.15, -0.1) is 0 Å². The van der Waals surface area contributed by atoms with Crippen LogP contribution in [-0.2, 0) is 4.79 Å². The number of hydrogen-bond donors (Lipinski definition) is 2. The maximum atomic E-state index is 11.4. The number of hydrogen-bond acceptors (Lipinski definition) is 3. The first-order valence-corrected chi connectivity index (χ1v) is 7.05. The van der Waals surface area contributed by atoms with E-state index in [1.807, 2.05) is 0 Å². The Morgan fingerprint density at radius 1 is 1.56 bits per heavy atom. The summed E-state index contributed by atoms with van der Waals surface area (Å²) in [6, 6.07) is 1.48. The van der Waals surface area contributed by atoms with Crippen LogP contribution in [0.4, 0.5) is 0 Å². The standard InChI is InChI=1S/C14H28N2O2/c1-6-12-8-7-10(2)16(12)11(3)9-14(4,15-5)13(17)18/h10-12,15H,6-9H2,1-5H3,(H,17,18). The van der Waals surface area contributed by atoms with E-state index in [9.17, 15) is 9.90 Å². The van der Waals surface area contributed by atoms with E-state index in [1.165, 1.54) is 12.8 Å². The van der Waals surface area contributed by atoms with Crippen molar-refractivity contribution >= 4 is 5.97 Å². The minimum absolute atomic E-state index is 0.293. The van der Waals surface area contributed by atoms with Gasteiger partial charge in [0.1, 0.15) is 5.54 Å². The predicted octanol–water partition coefficient (Wildman–Crippen LogP) is 2.09. The fourth-order valence-electron chi connectivity index (χ4n) is 3.29. The van der Waals surface area contributed by atoms with Crippen molar-refractivity contribution in [1.29, 1.82) is 0 Å². The monoisotopic (exact) mass is 256 g/mol. The number of aliphatic carboxylic acids is 1. The Morgan fingerprint density at radius 2 is 2.17 bits per heavy atom. The molecule has 4 atom stereocenters. The Balaban J connectivity index is 2.74. The van der Waals surface area contributed by atoms with E-state index >= 15 is 0 Å². The average molecular weight is 256 g/mol. The Morgan fingerprint density at radius 3 is 2.61 bits per heavy atom. The second-order valence-corrected chi connectivity index (χ2v) is 5.88. The van der Waals surface area contributed by atoms with Gasteiger partial charge in [0, 0.05) is 18.1 Å². The summed E-state index contributed by atoms with van der Waals surface area (Å²) < 4.78 is 0. The highest BCUT2D eigenvalue weighted by atomic mass is 16.4. The van der Waals surface area contributed by atoms with Gasteiger partial charge < -0.3 is 10.4 Å². The van der Waals surface area contributed by atoms with Crippen molar-refractivity contribution in [3.8, 4) is 0 Å². The predicted molar refractivity (Wildman–Crippen MR) is 73.8 cm³/mol. The van der Waals surface area contributed by atoms with E-state index in [-0.39, 0.29) is 0 Å². The van der Waals surface area contributed by atoms with Crippen LogP contribution in [0.5, 0.6) is 0 Å². The van der Waals surface area contributed by atoms with Crippen molar-refractivity contribution < 1.29 is 9.90 Å². The fraction of sp³-hybridized carbons (Fsp3) is 0.929. The molecule has 4 heteroatoms. The summed E-state index contributed by atoms with van der Waals surface area (Å²) in [6.45, 7) is 8.40. The smallest absolute Gasteiger partial charge is 0.323 e. The van der Waals surface area contributed by atoms with Gasteiger partial charge in [0.25, 0.3) is 0 Å². The first kappa shape index (κ1) is 15.4. The van der Waals surface area contributed by atoms with Crippen molar-refractivity contribution in [2.24, 2.45) is 0 Å². The molecule has 0 aliphatic carbocycles. The van der Waals surface area contributed by atoms with Crippen molar-refractivity contribution in [3.63, 3.8) is 0 Å². The molecule has 0 amide bonds. The van der Waals surface area contributed by atoms with Crippen molar-refractivity contribution in [1.82, 2.24) is 10.2 Å². The van der Waals surface area contributed by atoms with E-state index in [2.05, 4.69) is 31.0 Å². The molecule has 0 radical (unpaired) electrons. The molecule has 0 bridgehead atoms. The molecule has 0 aromatic rings. The van der Waals surface area contributed by atoms with Crippen LogP contribution in [0.15, 0.2) is 0 Å². The highest BCUT2D eigenvalue weighted by Gasteiger charge is 2.39. The SMILES string of the molecule is CCC1CCC(C)N1C(C)CC(C)(NC)C(=O)O. The lowest BCUT2D eigenvalue weighted by Gasteiger charge is -2.38. The van der Waals surface area contributed by atoms with E-state index < -0.39 is 11.5 Å². The number of carbonyl (C=O) groups is 1. The van der Waals surface area contributed by atoms with Crippen LogP contribution in [-0.4, -0.2) is 46.7 Å². The van der Waals surface area contributed by atoms with Crippen LogP contribution in [0, 0.1) is 0 Å². The van der Waals surface area contributed by atoms with Crippen LogP contribution >= 0.6 is 0 Å². The van der Waals surface area contributed by atoms with Crippen molar-refractivity contribution in [3.05, 3.63) is 0 Å². The summed E-state index contributed by atoms with van der Waals surface area (Å²) in [5.74, 6) is -0.767. The van der Waals surface area contributed by atoms with Gasteiger partial charge in [0.05, 0.1) is 0 Å². The summed E-state index contributed by atoms with van der Waals surface area (Å²) in [4.78, 5) is 13.9. The van der Waals surface area contributed by atoms with Gasteiger partial charge in [-0.3, -0.25) is 9.69 Å². The largest absolute Gasteiger partial charge is 0.480 e. The van der Waals surface area contributed by atoms with E-state index in [1.54, 1.807) is 14.0 Å². The van der Waals surface area contributed by atoms with Gasteiger partial charge in [-0.25, -0.2) is 0 Å². The Bertz CT molecular complexity index is 296.